The third-order valence-corrected chi connectivity index (χ3v) is 5.04. The molecule has 5 atom stereocenters. The monoisotopic (exact) mass is 250 g/mol. The highest BCUT2D eigenvalue weighted by Gasteiger charge is 2.72. The summed E-state index contributed by atoms with van der Waals surface area (Å²) in [6.07, 6.45) is 1.14. The summed E-state index contributed by atoms with van der Waals surface area (Å²) in [7, 11) is 0. The third-order valence-electron chi connectivity index (χ3n) is 5.04. The fourth-order valence-electron chi connectivity index (χ4n) is 4.46. The Morgan fingerprint density at radius 2 is 1.72 bits per heavy atom. The average Bonchev–Trinajstić information content (AvgIpc) is 2.95. The molecule has 0 amide bonds. The lowest BCUT2D eigenvalue weighted by Crippen LogP contribution is -2.41. The van der Waals surface area contributed by atoms with Gasteiger partial charge in [-0.15, -0.1) is 0 Å². The summed E-state index contributed by atoms with van der Waals surface area (Å²) in [5, 5.41) is 0. The van der Waals surface area contributed by atoms with Crippen LogP contribution in [-0.4, -0.2) is 23.9 Å². The SMILES string of the molecule is O=C1CC2(CC3CC2C2C(=O)OC(=O)C32)C(=O)O1. The lowest BCUT2D eigenvalue weighted by Gasteiger charge is -2.32. The highest BCUT2D eigenvalue weighted by Crippen LogP contribution is 2.66. The van der Waals surface area contributed by atoms with Gasteiger partial charge in [0.2, 0.25) is 0 Å². The summed E-state index contributed by atoms with van der Waals surface area (Å²) < 4.78 is 9.31. The van der Waals surface area contributed by atoms with E-state index in [-0.39, 0.29) is 18.3 Å². The zero-order chi connectivity index (χ0) is 12.7. The summed E-state index contributed by atoms with van der Waals surface area (Å²) in [5.41, 5.74) is -0.868. The zero-order valence-corrected chi connectivity index (χ0v) is 9.38. The van der Waals surface area contributed by atoms with Gasteiger partial charge in [-0.25, -0.2) is 0 Å². The maximum absolute atomic E-state index is 11.9. The molecule has 2 heterocycles. The van der Waals surface area contributed by atoms with Crippen LogP contribution in [0.5, 0.6) is 0 Å². The van der Waals surface area contributed by atoms with E-state index in [1.165, 1.54) is 0 Å². The van der Waals surface area contributed by atoms with E-state index in [2.05, 4.69) is 9.47 Å². The number of ether oxygens (including phenoxy) is 2. The molecule has 0 aromatic rings. The van der Waals surface area contributed by atoms with Gasteiger partial charge in [-0.3, -0.25) is 19.2 Å². The van der Waals surface area contributed by atoms with Crippen LogP contribution in [0.25, 0.3) is 0 Å². The van der Waals surface area contributed by atoms with E-state index in [0.29, 0.717) is 12.8 Å². The van der Waals surface area contributed by atoms with E-state index in [4.69, 9.17) is 0 Å². The quantitative estimate of drug-likeness (QED) is 0.437. The highest BCUT2D eigenvalue weighted by molar-refractivity contribution is 6.02. The van der Waals surface area contributed by atoms with Crippen LogP contribution >= 0.6 is 0 Å². The Hall–Kier alpha value is -1.72. The second-order valence-corrected chi connectivity index (χ2v) is 5.69. The summed E-state index contributed by atoms with van der Waals surface area (Å²) in [5.74, 6) is -3.31. The van der Waals surface area contributed by atoms with Crippen LogP contribution in [0.3, 0.4) is 0 Å². The number of fused-ring (bicyclic) bond motifs is 6. The van der Waals surface area contributed by atoms with Crippen molar-refractivity contribution in [1.82, 2.24) is 0 Å². The second kappa shape index (κ2) is 2.81. The van der Waals surface area contributed by atoms with Crippen molar-refractivity contribution >= 4 is 23.9 Å². The molecule has 4 fully saturated rings. The van der Waals surface area contributed by atoms with E-state index in [1.807, 2.05) is 0 Å². The molecule has 4 rings (SSSR count). The molecular formula is C12H10O6. The number of cyclic esters (lactones) is 4. The molecule has 94 valence electrons. The number of esters is 4. The van der Waals surface area contributed by atoms with Gasteiger partial charge in [0.25, 0.3) is 0 Å². The van der Waals surface area contributed by atoms with Crippen LogP contribution in [-0.2, 0) is 28.7 Å². The molecule has 4 aliphatic rings. The molecule has 2 bridgehead atoms. The van der Waals surface area contributed by atoms with Crippen molar-refractivity contribution in [3.8, 4) is 0 Å². The minimum absolute atomic E-state index is 0.0302. The predicted octanol–water partition coefficient (Wildman–Crippen LogP) is -0.198. The van der Waals surface area contributed by atoms with E-state index < -0.39 is 41.1 Å². The first-order valence-electron chi connectivity index (χ1n) is 6.03. The number of hydrogen-bond donors (Lipinski definition) is 0. The van der Waals surface area contributed by atoms with Gasteiger partial charge in [0.05, 0.1) is 23.7 Å². The molecule has 0 radical (unpaired) electrons. The molecular weight excluding hydrogens is 240 g/mol. The molecule has 6 nitrogen and oxygen atoms in total. The van der Waals surface area contributed by atoms with Gasteiger partial charge in [0.15, 0.2) is 0 Å². The number of carbonyl (C=O) groups is 4. The van der Waals surface area contributed by atoms with Crippen LogP contribution in [0.2, 0.25) is 0 Å². The minimum atomic E-state index is -0.868. The van der Waals surface area contributed by atoms with Crippen molar-refractivity contribution in [2.75, 3.05) is 0 Å². The van der Waals surface area contributed by atoms with Gasteiger partial charge >= 0.3 is 23.9 Å². The van der Waals surface area contributed by atoms with Crippen molar-refractivity contribution in [3.05, 3.63) is 0 Å². The Morgan fingerprint density at radius 3 is 2.39 bits per heavy atom. The first kappa shape index (κ1) is 10.2. The number of carbonyl (C=O) groups excluding carboxylic acids is 4. The third kappa shape index (κ3) is 0.921. The maximum Gasteiger partial charge on any atom is 0.320 e. The topological polar surface area (TPSA) is 86.7 Å². The van der Waals surface area contributed by atoms with Crippen molar-refractivity contribution in [2.45, 2.75) is 19.3 Å². The standard InChI is InChI=1S/C12H10O6/c13-6-3-12(11(16)17-6)2-4-1-5(12)8-7(4)9(14)18-10(8)15/h4-5,7-8H,1-3H2. The normalized spacial score (nSPS) is 48.9. The van der Waals surface area contributed by atoms with Gasteiger partial charge in [0.1, 0.15) is 0 Å². The Bertz CT molecular complexity index is 523. The Labute approximate surface area is 102 Å². The van der Waals surface area contributed by atoms with Crippen LogP contribution < -0.4 is 0 Å². The largest absolute Gasteiger partial charge is 0.393 e. The van der Waals surface area contributed by atoms with E-state index in [1.54, 1.807) is 0 Å². The Kier molecular flexibility index (Phi) is 1.60. The van der Waals surface area contributed by atoms with Gasteiger partial charge in [-0.05, 0) is 24.7 Å². The second-order valence-electron chi connectivity index (χ2n) is 5.69. The van der Waals surface area contributed by atoms with Gasteiger partial charge in [-0.1, -0.05) is 0 Å². The lowest BCUT2D eigenvalue weighted by molar-refractivity contribution is -0.157. The van der Waals surface area contributed by atoms with Gasteiger partial charge in [-0.2, -0.15) is 0 Å². The molecule has 2 saturated carbocycles. The zero-order valence-electron chi connectivity index (χ0n) is 9.38. The molecule has 5 unspecified atom stereocenters. The molecule has 6 heteroatoms. The van der Waals surface area contributed by atoms with Gasteiger partial charge < -0.3 is 9.47 Å². The van der Waals surface area contributed by atoms with Crippen molar-refractivity contribution in [3.63, 3.8) is 0 Å². The molecule has 0 aromatic carbocycles. The Morgan fingerprint density at radius 1 is 1.00 bits per heavy atom. The summed E-state index contributed by atoms with van der Waals surface area (Å²) in [4.78, 5) is 46.5. The smallest absolute Gasteiger partial charge is 0.320 e. The molecule has 0 aromatic heterocycles. The van der Waals surface area contributed by atoms with E-state index in [9.17, 15) is 19.2 Å². The molecule has 18 heavy (non-hydrogen) atoms. The Balaban J connectivity index is 1.78. The van der Waals surface area contributed by atoms with Crippen LogP contribution in [0.1, 0.15) is 19.3 Å². The van der Waals surface area contributed by atoms with Crippen LogP contribution in [0.15, 0.2) is 0 Å². The maximum atomic E-state index is 11.9. The average molecular weight is 250 g/mol. The number of rotatable bonds is 0. The van der Waals surface area contributed by atoms with Gasteiger partial charge in [0, 0.05) is 0 Å². The summed E-state index contributed by atoms with van der Waals surface area (Å²) in [6, 6.07) is 0. The highest BCUT2D eigenvalue weighted by atomic mass is 16.6. The molecule has 2 saturated heterocycles. The number of hydrogen-bond acceptors (Lipinski definition) is 6. The fraction of sp³-hybridized carbons (Fsp3) is 0.667. The molecule has 2 aliphatic heterocycles. The minimum Gasteiger partial charge on any atom is -0.393 e. The van der Waals surface area contributed by atoms with Crippen LogP contribution in [0.4, 0.5) is 0 Å². The fourth-order valence-corrected chi connectivity index (χ4v) is 4.46. The first-order chi connectivity index (χ1) is 8.53. The summed E-state index contributed by atoms with van der Waals surface area (Å²) >= 11 is 0. The van der Waals surface area contributed by atoms with E-state index >= 15 is 0 Å². The summed E-state index contributed by atoms with van der Waals surface area (Å²) in [6.45, 7) is 0. The predicted molar refractivity (Wildman–Crippen MR) is 52.4 cm³/mol. The van der Waals surface area contributed by atoms with Crippen LogP contribution in [0, 0.1) is 29.1 Å². The van der Waals surface area contributed by atoms with E-state index in [0.717, 1.165) is 0 Å². The van der Waals surface area contributed by atoms with Crippen molar-refractivity contribution in [1.29, 1.82) is 0 Å². The van der Waals surface area contributed by atoms with Crippen molar-refractivity contribution < 1.29 is 28.7 Å². The first-order valence-corrected chi connectivity index (χ1v) is 6.03. The molecule has 2 aliphatic carbocycles. The lowest BCUT2D eigenvalue weighted by atomic mass is 9.64. The van der Waals surface area contributed by atoms with Crippen molar-refractivity contribution in [2.24, 2.45) is 29.1 Å². The molecule has 1 spiro atoms. The molecule has 0 N–H and O–H groups in total.